The van der Waals surface area contributed by atoms with Gasteiger partial charge in [0.25, 0.3) is 11.8 Å². The molecule has 8 nitrogen and oxygen atoms in total. The summed E-state index contributed by atoms with van der Waals surface area (Å²) in [6.45, 7) is 4.77. The van der Waals surface area contributed by atoms with Gasteiger partial charge < -0.3 is 19.2 Å². The van der Waals surface area contributed by atoms with E-state index in [9.17, 15) is 9.59 Å². The van der Waals surface area contributed by atoms with Crippen molar-refractivity contribution in [2.45, 2.75) is 52.0 Å². The molecule has 4 heterocycles. The van der Waals surface area contributed by atoms with E-state index in [1.54, 1.807) is 6.07 Å². The molecule has 1 saturated heterocycles. The Morgan fingerprint density at radius 3 is 2.79 bits per heavy atom. The fourth-order valence-corrected chi connectivity index (χ4v) is 4.63. The predicted molar refractivity (Wildman–Crippen MR) is 104 cm³/mol. The van der Waals surface area contributed by atoms with Gasteiger partial charge in [-0.2, -0.15) is 0 Å². The van der Waals surface area contributed by atoms with E-state index < -0.39 is 0 Å². The van der Waals surface area contributed by atoms with Gasteiger partial charge in [-0.05, 0) is 62.5 Å². The molecular formula is C21H27N5O3. The number of nitrogens with one attached hydrogen (secondary N) is 1. The molecule has 2 fully saturated rings. The molecule has 2 aliphatic heterocycles. The molecule has 3 aliphatic rings. The number of carbonyl (C=O) groups is 2. The first-order valence-corrected chi connectivity index (χ1v) is 10.6. The topological polar surface area (TPSA) is 93.3 Å². The zero-order valence-corrected chi connectivity index (χ0v) is 16.8. The molecule has 8 heteroatoms. The lowest BCUT2D eigenvalue weighted by Gasteiger charge is -2.27. The van der Waals surface area contributed by atoms with Gasteiger partial charge >= 0.3 is 0 Å². The highest BCUT2D eigenvalue weighted by atomic mass is 16.3. The van der Waals surface area contributed by atoms with Gasteiger partial charge in [0.15, 0.2) is 5.76 Å². The minimum atomic E-state index is -0.122. The Morgan fingerprint density at radius 1 is 1.21 bits per heavy atom. The fraction of sp³-hybridized carbons (Fsp3) is 0.619. The molecule has 0 bridgehead atoms. The summed E-state index contributed by atoms with van der Waals surface area (Å²) >= 11 is 0. The van der Waals surface area contributed by atoms with E-state index >= 15 is 0 Å². The van der Waals surface area contributed by atoms with Crippen molar-refractivity contribution in [1.82, 2.24) is 25.0 Å². The summed E-state index contributed by atoms with van der Waals surface area (Å²) in [4.78, 5) is 27.2. The third-order valence-electron chi connectivity index (χ3n) is 6.70. The molecule has 1 atom stereocenters. The van der Waals surface area contributed by atoms with Crippen molar-refractivity contribution in [1.29, 1.82) is 0 Å². The summed E-state index contributed by atoms with van der Waals surface area (Å²) in [5, 5.41) is 11.5. The summed E-state index contributed by atoms with van der Waals surface area (Å²) in [6.07, 6.45) is 6.03. The summed E-state index contributed by atoms with van der Waals surface area (Å²) in [5.74, 6) is 2.96. The van der Waals surface area contributed by atoms with Crippen molar-refractivity contribution < 1.29 is 14.0 Å². The van der Waals surface area contributed by atoms with Crippen LogP contribution < -0.4 is 5.32 Å². The van der Waals surface area contributed by atoms with Crippen LogP contribution in [-0.2, 0) is 13.0 Å². The maximum absolute atomic E-state index is 12.8. The first-order chi connectivity index (χ1) is 14.0. The summed E-state index contributed by atoms with van der Waals surface area (Å²) in [5.41, 5.74) is 0.0692. The molecule has 154 valence electrons. The fourth-order valence-electron chi connectivity index (χ4n) is 4.63. The van der Waals surface area contributed by atoms with Gasteiger partial charge in [-0.15, -0.1) is 10.2 Å². The average Bonchev–Trinajstić information content (AvgIpc) is 3.14. The van der Waals surface area contributed by atoms with Crippen molar-refractivity contribution >= 4 is 11.8 Å². The molecule has 1 saturated carbocycles. The predicted octanol–water partition coefficient (Wildman–Crippen LogP) is 2.19. The van der Waals surface area contributed by atoms with Crippen LogP contribution in [0.3, 0.4) is 0 Å². The smallest absolute Gasteiger partial charge is 0.289 e. The molecule has 2 aromatic heterocycles. The first kappa shape index (κ1) is 18.4. The van der Waals surface area contributed by atoms with Crippen LogP contribution in [-0.4, -0.2) is 51.1 Å². The normalized spacial score (nSPS) is 23.8. The highest BCUT2D eigenvalue weighted by molar-refractivity contribution is 5.92. The second kappa shape index (κ2) is 7.00. The highest BCUT2D eigenvalue weighted by Crippen LogP contribution is 2.41. The van der Waals surface area contributed by atoms with Crippen LogP contribution >= 0.6 is 0 Å². The lowest BCUT2D eigenvalue weighted by Crippen LogP contribution is -2.32. The van der Waals surface area contributed by atoms with Crippen molar-refractivity contribution in [3.63, 3.8) is 0 Å². The van der Waals surface area contributed by atoms with Crippen LogP contribution in [0.4, 0.5) is 0 Å². The van der Waals surface area contributed by atoms with Crippen molar-refractivity contribution in [3.8, 4) is 0 Å². The van der Waals surface area contributed by atoms with Gasteiger partial charge in [-0.25, -0.2) is 0 Å². The number of aromatic nitrogens is 3. The molecule has 2 amide bonds. The van der Waals surface area contributed by atoms with E-state index in [0.29, 0.717) is 17.5 Å². The lowest BCUT2D eigenvalue weighted by atomic mass is 9.80. The number of aryl methyl sites for hydroxylation is 2. The molecule has 0 radical (unpaired) electrons. The number of carbonyl (C=O) groups excluding carboxylic acids is 2. The van der Waals surface area contributed by atoms with E-state index in [0.717, 1.165) is 63.4 Å². The first-order valence-electron chi connectivity index (χ1n) is 10.6. The molecular weight excluding hydrogens is 370 g/mol. The largest absolute Gasteiger partial charge is 0.456 e. The van der Waals surface area contributed by atoms with E-state index in [2.05, 4.69) is 15.5 Å². The van der Waals surface area contributed by atoms with E-state index in [1.165, 1.54) is 12.8 Å². The van der Waals surface area contributed by atoms with Crippen LogP contribution in [0.2, 0.25) is 0 Å². The molecule has 2 aromatic rings. The van der Waals surface area contributed by atoms with E-state index in [-0.39, 0.29) is 17.2 Å². The number of amides is 2. The number of hydrogen-bond donors (Lipinski definition) is 1. The van der Waals surface area contributed by atoms with Gasteiger partial charge in [-0.1, -0.05) is 0 Å². The number of fused-ring (bicyclic) bond motifs is 1. The number of rotatable bonds is 4. The minimum absolute atomic E-state index is 0.0289. The quantitative estimate of drug-likeness (QED) is 0.854. The van der Waals surface area contributed by atoms with Crippen molar-refractivity contribution in [2.75, 3.05) is 19.6 Å². The second-order valence-corrected chi connectivity index (χ2v) is 8.88. The summed E-state index contributed by atoms with van der Waals surface area (Å²) in [6, 6.07) is 3.58. The van der Waals surface area contributed by atoms with Crippen LogP contribution in [0.1, 0.15) is 64.9 Å². The Hall–Kier alpha value is -2.64. The van der Waals surface area contributed by atoms with Crippen LogP contribution in [0.15, 0.2) is 16.5 Å². The maximum atomic E-state index is 12.8. The van der Waals surface area contributed by atoms with Gasteiger partial charge in [0, 0.05) is 32.6 Å². The SMILES string of the molecule is Cc1ccc(C(=O)N2CCC3(CCc4nnc(C(=O)NCC5CC5)n4CC3)C2)o1. The number of furan rings is 1. The Balaban J connectivity index is 1.26. The zero-order chi connectivity index (χ0) is 20.0. The van der Waals surface area contributed by atoms with Crippen LogP contribution in [0, 0.1) is 18.3 Å². The zero-order valence-electron chi connectivity index (χ0n) is 16.8. The molecule has 1 N–H and O–H groups in total. The van der Waals surface area contributed by atoms with Crippen LogP contribution in [0.5, 0.6) is 0 Å². The number of likely N-dealkylation sites (tertiary alicyclic amines) is 1. The average molecular weight is 397 g/mol. The maximum Gasteiger partial charge on any atom is 0.289 e. The Labute approximate surface area is 169 Å². The van der Waals surface area contributed by atoms with Crippen molar-refractivity contribution in [2.24, 2.45) is 11.3 Å². The Morgan fingerprint density at radius 2 is 2.03 bits per heavy atom. The molecule has 29 heavy (non-hydrogen) atoms. The van der Waals surface area contributed by atoms with E-state index in [1.807, 2.05) is 22.5 Å². The Bertz CT molecular complexity index is 944. The van der Waals surface area contributed by atoms with Gasteiger partial charge in [0.2, 0.25) is 5.82 Å². The molecule has 5 rings (SSSR count). The highest BCUT2D eigenvalue weighted by Gasteiger charge is 2.42. The van der Waals surface area contributed by atoms with Crippen LogP contribution in [0.25, 0.3) is 0 Å². The van der Waals surface area contributed by atoms with Gasteiger partial charge in [0.05, 0.1) is 0 Å². The standard InChI is InChI=1S/C21H27N5O3/c1-14-2-5-16(29-14)20(28)25-10-8-21(13-25)7-6-17-23-24-18(26(17)11-9-21)19(27)22-12-15-3-4-15/h2,5,15H,3-4,6-13H2,1H3,(H,22,27). The molecule has 0 aromatic carbocycles. The minimum Gasteiger partial charge on any atom is -0.456 e. The Kier molecular flexibility index (Phi) is 4.44. The lowest BCUT2D eigenvalue weighted by molar-refractivity contribution is 0.0734. The summed E-state index contributed by atoms with van der Waals surface area (Å²) in [7, 11) is 0. The van der Waals surface area contributed by atoms with Gasteiger partial charge in [-0.3, -0.25) is 9.59 Å². The third kappa shape index (κ3) is 3.56. The van der Waals surface area contributed by atoms with Crippen molar-refractivity contribution in [3.05, 3.63) is 35.3 Å². The molecule has 1 aliphatic carbocycles. The third-order valence-corrected chi connectivity index (χ3v) is 6.70. The number of nitrogens with zero attached hydrogens (tertiary/aromatic N) is 4. The molecule has 1 spiro atoms. The summed E-state index contributed by atoms with van der Waals surface area (Å²) < 4.78 is 7.51. The number of hydrogen-bond acceptors (Lipinski definition) is 5. The molecule has 1 unspecified atom stereocenters. The van der Waals surface area contributed by atoms with Gasteiger partial charge in [0.1, 0.15) is 11.6 Å². The van der Waals surface area contributed by atoms with E-state index in [4.69, 9.17) is 4.42 Å². The monoisotopic (exact) mass is 397 g/mol. The second-order valence-electron chi connectivity index (χ2n) is 8.88.